The van der Waals surface area contributed by atoms with Gasteiger partial charge in [-0.3, -0.25) is 0 Å². The Morgan fingerprint density at radius 1 is 0.838 bits per heavy atom. The fourth-order valence-corrected chi connectivity index (χ4v) is 7.31. The summed E-state index contributed by atoms with van der Waals surface area (Å²) in [4.78, 5) is 25.5. The summed E-state index contributed by atoms with van der Waals surface area (Å²) in [6, 6.07) is 10.6. The van der Waals surface area contributed by atoms with E-state index in [2.05, 4.69) is 27.3 Å². The van der Waals surface area contributed by atoms with Gasteiger partial charge in [0.25, 0.3) is 6.10 Å². The average Bonchev–Trinajstić information content (AvgIpc) is 2.77. The highest BCUT2D eigenvalue weighted by molar-refractivity contribution is 14.1. The minimum absolute atomic E-state index is 0.00393. The lowest BCUT2D eigenvalue weighted by Gasteiger charge is -2.29. The van der Waals surface area contributed by atoms with Gasteiger partial charge in [0.15, 0.2) is 15.9 Å². The van der Waals surface area contributed by atoms with Gasteiger partial charge in [-0.2, -0.15) is 22.0 Å². The summed E-state index contributed by atoms with van der Waals surface area (Å²) in [7, 11) is -6.86. The summed E-state index contributed by atoms with van der Waals surface area (Å²) in [5.41, 5.74) is -0.809. The summed E-state index contributed by atoms with van der Waals surface area (Å²) in [6.07, 6.45) is -10.7. The molecule has 3 rings (SSSR count). The van der Waals surface area contributed by atoms with Gasteiger partial charge >= 0.3 is 23.4 Å². The molecular weight excluding hydrogens is 872 g/mol. The molecule has 0 spiro atoms. The molecule has 0 bridgehead atoms. The zero-order valence-corrected chi connectivity index (χ0v) is 24.8. The van der Waals surface area contributed by atoms with Crippen LogP contribution in [0, 0.1) is 10.7 Å². The summed E-state index contributed by atoms with van der Waals surface area (Å²) in [5.74, 6) is -2.64. The normalized spacial score (nSPS) is 13.3. The maximum atomic E-state index is 13.8. The second kappa shape index (κ2) is 11.0. The van der Waals surface area contributed by atoms with E-state index in [0.29, 0.717) is 7.14 Å². The quantitative estimate of drug-likeness (QED) is 0.0969. The predicted molar refractivity (Wildman–Crippen MR) is 143 cm³/mol. The van der Waals surface area contributed by atoms with E-state index in [1.807, 2.05) is 45.2 Å². The van der Waals surface area contributed by atoms with Crippen molar-refractivity contribution in [3.63, 3.8) is 0 Å². The van der Waals surface area contributed by atoms with Crippen LogP contribution >= 0.6 is 67.8 Å². The van der Waals surface area contributed by atoms with E-state index in [1.54, 1.807) is 12.1 Å². The van der Waals surface area contributed by atoms with Crippen LogP contribution in [0.2, 0.25) is 0 Å². The molecule has 0 aromatic heterocycles. The lowest BCUT2D eigenvalue weighted by atomic mass is 10.00. The molecule has 37 heavy (non-hydrogen) atoms. The summed E-state index contributed by atoms with van der Waals surface area (Å²) in [5, 5.41) is -6.17. The van der Waals surface area contributed by atoms with Crippen LogP contribution in [0.1, 0.15) is 20.7 Å². The van der Waals surface area contributed by atoms with Gasteiger partial charge < -0.3 is 14.0 Å². The van der Waals surface area contributed by atoms with Gasteiger partial charge in [0.1, 0.15) is 0 Å². The van der Waals surface area contributed by atoms with Gasteiger partial charge in [-0.1, -0.05) is 24.3 Å². The Bertz CT molecular complexity index is 1490. The standard InChI is InChI=1S/C21H10F5I3O7S/c22-20(23,24)19(21(25,26)37(32,33)34)36-18(31)13-6-2-3-10-11(13)4-1-5-12(10)17(30)35-16-14(28)7-9(27)8-15(16)29/h1-8,19H,(H,32,33,34)/p-1. The second-order valence-electron chi connectivity index (χ2n) is 7.14. The van der Waals surface area contributed by atoms with Gasteiger partial charge in [-0.15, -0.1) is 0 Å². The first-order valence-electron chi connectivity index (χ1n) is 9.44. The van der Waals surface area contributed by atoms with E-state index in [0.717, 1.165) is 15.7 Å². The predicted octanol–water partition coefficient (Wildman–Crippen LogP) is 6.10. The molecule has 1 atom stereocenters. The zero-order chi connectivity index (χ0) is 27.9. The first kappa shape index (κ1) is 30.2. The van der Waals surface area contributed by atoms with Gasteiger partial charge in [0.05, 0.1) is 18.3 Å². The maximum Gasteiger partial charge on any atom is 0.432 e. The van der Waals surface area contributed by atoms with Gasteiger partial charge in [0, 0.05) is 3.57 Å². The van der Waals surface area contributed by atoms with Crippen LogP contribution in [-0.2, 0) is 14.9 Å². The van der Waals surface area contributed by atoms with Crippen LogP contribution in [0.4, 0.5) is 22.0 Å². The van der Waals surface area contributed by atoms with E-state index in [4.69, 9.17) is 4.74 Å². The van der Waals surface area contributed by atoms with Crippen LogP contribution in [0.15, 0.2) is 48.5 Å². The minimum Gasteiger partial charge on any atom is -0.743 e. The Morgan fingerprint density at radius 3 is 1.73 bits per heavy atom. The van der Waals surface area contributed by atoms with E-state index < -0.39 is 45.2 Å². The number of halogens is 8. The molecule has 0 heterocycles. The number of rotatable bonds is 6. The topological polar surface area (TPSA) is 110 Å². The molecule has 0 amide bonds. The number of benzene rings is 3. The van der Waals surface area contributed by atoms with Crippen molar-refractivity contribution < 1.29 is 54.0 Å². The first-order valence-corrected chi connectivity index (χ1v) is 14.1. The van der Waals surface area contributed by atoms with E-state index in [-0.39, 0.29) is 22.1 Å². The summed E-state index contributed by atoms with van der Waals surface area (Å²) < 4.78 is 111. The molecule has 0 aliphatic rings. The van der Waals surface area contributed by atoms with Gasteiger partial charge in [0.2, 0.25) is 0 Å². The SMILES string of the molecule is O=C(Oc1c(I)cc(I)cc1I)c1cccc2c(C(=O)OC(C(F)(F)F)C(F)(F)S(=O)(=O)[O-])cccc12. The number of ether oxygens (including phenoxy) is 2. The number of esters is 2. The number of hydrogen-bond acceptors (Lipinski definition) is 7. The maximum absolute atomic E-state index is 13.8. The summed E-state index contributed by atoms with van der Waals surface area (Å²) in [6.45, 7) is 0. The lowest BCUT2D eigenvalue weighted by molar-refractivity contribution is -0.248. The van der Waals surface area contributed by atoms with Crippen LogP contribution < -0.4 is 4.74 Å². The van der Waals surface area contributed by atoms with Crippen LogP contribution in [0.25, 0.3) is 10.8 Å². The van der Waals surface area contributed by atoms with Crippen LogP contribution in [-0.4, -0.2) is 42.4 Å². The molecule has 0 N–H and O–H groups in total. The van der Waals surface area contributed by atoms with Crippen molar-refractivity contribution in [3.8, 4) is 5.75 Å². The molecule has 3 aromatic carbocycles. The van der Waals surface area contributed by atoms with Crippen molar-refractivity contribution >= 4 is 101 Å². The Hall–Kier alpha value is -1.39. The van der Waals surface area contributed by atoms with Crippen LogP contribution in [0.5, 0.6) is 5.75 Å². The largest absolute Gasteiger partial charge is 0.743 e. The first-order chi connectivity index (χ1) is 16.9. The molecule has 0 aliphatic carbocycles. The monoisotopic (exact) mass is 881 g/mol. The van der Waals surface area contributed by atoms with E-state index in [9.17, 15) is 44.5 Å². The third kappa shape index (κ3) is 6.44. The Morgan fingerprint density at radius 2 is 1.30 bits per heavy atom. The minimum atomic E-state index is -6.86. The van der Waals surface area contributed by atoms with Crippen molar-refractivity contribution in [2.45, 2.75) is 17.5 Å². The number of carbonyl (C=O) groups excluding carboxylic acids is 2. The van der Waals surface area contributed by atoms with E-state index >= 15 is 0 Å². The molecular formula is C21H9F5I3O7S-. The highest BCUT2D eigenvalue weighted by Gasteiger charge is 2.63. The van der Waals surface area contributed by atoms with Crippen LogP contribution in [0.3, 0.4) is 0 Å². The molecule has 0 radical (unpaired) electrons. The fourth-order valence-electron chi connectivity index (χ4n) is 3.07. The van der Waals surface area contributed by atoms with Crippen molar-refractivity contribution in [1.82, 2.24) is 0 Å². The zero-order valence-electron chi connectivity index (χ0n) is 17.5. The number of hydrogen-bond donors (Lipinski definition) is 0. The fraction of sp³-hybridized carbons (Fsp3) is 0.143. The number of carbonyl (C=O) groups is 2. The Kier molecular flexibility index (Phi) is 8.97. The van der Waals surface area contributed by atoms with Crippen molar-refractivity contribution in [3.05, 3.63) is 70.4 Å². The molecule has 3 aromatic rings. The molecule has 1 unspecified atom stereocenters. The van der Waals surface area contributed by atoms with Gasteiger partial charge in [-0.05, 0) is 103 Å². The highest BCUT2D eigenvalue weighted by Crippen LogP contribution is 2.39. The molecule has 0 fully saturated rings. The molecule has 0 saturated heterocycles. The van der Waals surface area contributed by atoms with Crippen molar-refractivity contribution in [1.29, 1.82) is 0 Å². The molecule has 198 valence electrons. The van der Waals surface area contributed by atoms with Gasteiger partial charge in [-0.25, -0.2) is 18.0 Å². The molecule has 0 aliphatic heterocycles. The third-order valence-corrected chi connectivity index (χ3v) is 7.79. The highest BCUT2D eigenvalue weighted by atomic mass is 127. The van der Waals surface area contributed by atoms with Crippen molar-refractivity contribution in [2.75, 3.05) is 0 Å². The number of fused-ring (bicyclic) bond motifs is 1. The summed E-state index contributed by atoms with van der Waals surface area (Å²) >= 11 is 5.99. The van der Waals surface area contributed by atoms with E-state index in [1.165, 1.54) is 24.3 Å². The average molecular weight is 881 g/mol. The Balaban J connectivity index is 2.03. The second-order valence-corrected chi connectivity index (χ2v) is 12.2. The van der Waals surface area contributed by atoms with Crippen molar-refractivity contribution in [2.24, 2.45) is 0 Å². The molecule has 0 saturated carbocycles. The lowest BCUT2D eigenvalue weighted by Crippen LogP contribution is -2.52. The number of alkyl halides is 5. The molecule has 16 heteroatoms. The Labute approximate surface area is 246 Å². The smallest absolute Gasteiger partial charge is 0.432 e. The molecule has 7 nitrogen and oxygen atoms in total. The third-order valence-electron chi connectivity index (χ3n) is 4.68.